The number of fused-ring (bicyclic) bond motifs is 3. The molecule has 1 saturated carbocycles. The first-order valence-electron chi connectivity index (χ1n) is 12.2. The molecule has 1 heterocycles. The number of Topliss-reactive ketones (excluding diaryl/α,β-unsaturated/α-hetero) is 1. The van der Waals surface area contributed by atoms with Crippen molar-refractivity contribution in [2.24, 2.45) is 11.8 Å². The van der Waals surface area contributed by atoms with Crippen molar-refractivity contribution >= 4 is 33.4 Å². The molecule has 3 nitrogen and oxygen atoms in total. The van der Waals surface area contributed by atoms with Crippen LogP contribution in [0.25, 0.3) is 21.8 Å². The van der Waals surface area contributed by atoms with Crippen LogP contribution in [0.1, 0.15) is 71.4 Å². The minimum atomic E-state index is 0.0366. The molecular weight excluding hydrogens is 406 g/mol. The highest BCUT2D eigenvalue weighted by Crippen LogP contribution is 2.35. The fourth-order valence-electron chi connectivity index (χ4n) is 5.66. The van der Waals surface area contributed by atoms with Gasteiger partial charge in [-0.25, -0.2) is 0 Å². The molecule has 0 radical (unpaired) electrons. The number of nitrogens with zero attached hydrogens (tertiary/aromatic N) is 1. The SMILES string of the molecule is CCn1c2ccc(C(=O)c3ccccc3C)cc2c2cc(C(=O)C(C)C3CCCC3)ccc21. The standard InChI is InChI=1S/C30H31NO2/c1-4-31-27-15-13-22(29(32)20(3)21-10-6-7-11-21)17-25(27)26-18-23(14-16-28(26)31)30(33)24-12-8-5-9-19(24)2/h5,8-9,12-18,20-21H,4,6-7,10-11H2,1-3H3. The minimum absolute atomic E-state index is 0.0366. The zero-order chi connectivity index (χ0) is 23.1. The van der Waals surface area contributed by atoms with Gasteiger partial charge in [-0.1, -0.05) is 44.0 Å². The number of aromatic nitrogens is 1. The van der Waals surface area contributed by atoms with Crippen molar-refractivity contribution in [3.8, 4) is 0 Å². The van der Waals surface area contributed by atoms with Crippen LogP contribution in [0.15, 0.2) is 60.7 Å². The van der Waals surface area contributed by atoms with Gasteiger partial charge in [0, 0.05) is 51.0 Å². The normalized spacial score (nSPS) is 15.4. The summed E-state index contributed by atoms with van der Waals surface area (Å²) in [6, 6.07) is 19.8. The third-order valence-corrected chi connectivity index (χ3v) is 7.64. The Hall–Kier alpha value is -3.20. The zero-order valence-electron chi connectivity index (χ0n) is 19.7. The Kier molecular flexibility index (Phi) is 5.65. The number of carbonyl (C=O) groups excluding carboxylic acids is 2. The van der Waals surface area contributed by atoms with E-state index in [-0.39, 0.29) is 17.5 Å². The predicted molar refractivity (Wildman–Crippen MR) is 135 cm³/mol. The van der Waals surface area contributed by atoms with E-state index in [1.165, 1.54) is 12.8 Å². The van der Waals surface area contributed by atoms with Gasteiger partial charge in [0.05, 0.1) is 0 Å². The third-order valence-electron chi connectivity index (χ3n) is 7.64. The largest absolute Gasteiger partial charge is 0.341 e. The minimum Gasteiger partial charge on any atom is -0.341 e. The fourth-order valence-corrected chi connectivity index (χ4v) is 5.66. The molecule has 0 aliphatic heterocycles. The lowest BCUT2D eigenvalue weighted by atomic mass is 9.86. The molecule has 1 atom stereocenters. The molecule has 0 saturated heterocycles. The van der Waals surface area contributed by atoms with Crippen molar-refractivity contribution in [1.29, 1.82) is 0 Å². The Morgan fingerprint density at radius 2 is 1.52 bits per heavy atom. The van der Waals surface area contributed by atoms with Crippen LogP contribution in [0, 0.1) is 18.8 Å². The quantitative estimate of drug-likeness (QED) is 0.296. The van der Waals surface area contributed by atoms with Gasteiger partial charge in [-0.2, -0.15) is 0 Å². The summed E-state index contributed by atoms with van der Waals surface area (Å²) in [6.45, 7) is 7.03. The summed E-state index contributed by atoms with van der Waals surface area (Å²) in [5.74, 6) is 0.842. The topological polar surface area (TPSA) is 39.1 Å². The van der Waals surface area contributed by atoms with Gasteiger partial charge in [-0.05, 0) is 74.6 Å². The van der Waals surface area contributed by atoms with E-state index in [1.807, 2.05) is 55.5 Å². The summed E-state index contributed by atoms with van der Waals surface area (Å²) in [7, 11) is 0. The van der Waals surface area contributed by atoms with Gasteiger partial charge >= 0.3 is 0 Å². The number of benzene rings is 3. The van der Waals surface area contributed by atoms with E-state index in [0.717, 1.165) is 57.9 Å². The van der Waals surface area contributed by atoms with Gasteiger partial charge in [0.15, 0.2) is 11.6 Å². The average molecular weight is 438 g/mol. The number of aryl methyl sites for hydroxylation is 2. The first-order chi connectivity index (χ1) is 16.0. The summed E-state index contributed by atoms with van der Waals surface area (Å²) in [5.41, 5.74) is 5.39. The smallest absolute Gasteiger partial charge is 0.193 e. The molecular formula is C30H31NO2. The van der Waals surface area contributed by atoms with E-state index in [4.69, 9.17) is 0 Å². The molecule has 1 aliphatic carbocycles. The van der Waals surface area contributed by atoms with E-state index in [1.54, 1.807) is 0 Å². The van der Waals surface area contributed by atoms with Crippen LogP contribution in [0.2, 0.25) is 0 Å². The first kappa shape index (κ1) is 21.6. The van der Waals surface area contributed by atoms with Crippen molar-refractivity contribution in [2.45, 2.75) is 53.0 Å². The second-order valence-electron chi connectivity index (χ2n) is 9.55. The number of hydrogen-bond donors (Lipinski definition) is 0. The van der Waals surface area contributed by atoms with Gasteiger partial charge in [0.25, 0.3) is 0 Å². The first-order valence-corrected chi connectivity index (χ1v) is 12.2. The molecule has 5 rings (SSSR count). The van der Waals surface area contributed by atoms with Crippen LogP contribution in [0.3, 0.4) is 0 Å². The van der Waals surface area contributed by atoms with Gasteiger partial charge in [-0.3, -0.25) is 9.59 Å². The highest BCUT2D eigenvalue weighted by Gasteiger charge is 2.28. The van der Waals surface area contributed by atoms with E-state index >= 15 is 0 Å². The molecule has 3 aromatic carbocycles. The predicted octanol–water partition coefficient (Wildman–Crippen LogP) is 7.36. The van der Waals surface area contributed by atoms with Crippen LogP contribution in [-0.2, 0) is 6.54 Å². The molecule has 1 fully saturated rings. The summed E-state index contributed by atoms with van der Waals surface area (Å²) in [6.07, 6.45) is 4.80. The monoisotopic (exact) mass is 437 g/mol. The lowest BCUT2D eigenvalue weighted by Crippen LogP contribution is -2.19. The number of ketones is 2. The highest BCUT2D eigenvalue weighted by molar-refractivity contribution is 6.16. The van der Waals surface area contributed by atoms with E-state index in [0.29, 0.717) is 11.5 Å². The van der Waals surface area contributed by atoms with Crippen molar-refractivity contribution in [3.63, 3.8) is 0 Å². The zero-order valence-corrected chi connectivity index (χ0v) is 19.7. The van der Waals surface area contributed by atoms with Gasteiger partial charge in [-0.15, -0.1) is 0 Å². The highest BCUT2D eigenvalue weighted by atomic mass is 16.1. The molecule has 0 spiro atoms. The van der Waals surface area contributed by atoms with Gasteiger partial charge in [0.1, 0.15) is 0 Å². The maximum absolute atomic E-state index is 13.3. The summed E-state index contributed by atoms with van der Waals surface area (Å²) in [5, 5.41) is 2.09. The van der Waals surface area contributed by atoms with Crippen LogP contribution < -0.4 is 0 Å². The maximum Gasteiger partial charge on any atom is 0.193 e. The van der Waals surface area contributed by atoms with Crippen molar-refractivity contribution in [2.75, 3.05) is 0 Å². The van der Waals surface area contributed by atoms with Crippen molar-refractivity contribution in [3.05, 3.63) is 82.9 Å². The molecule has 1 aliphatic rings. The number of carbonyl (C=O) groups is 2. The van der Waals surface area contributed by atoms with Crippen LogP contribution in [0.4, 0.5) is 0 Å². The van der Waals surface area contributed by atoms with Crippen LogP contribution >= 0.6 is 0 Å². The van der Waals surface area contributed by atoms with Gasteiger partial charge in [0.2, 0.25) is 0 Å². The lowest BCUT2D eigenvalue weighted by molar-refractivity contribution is 0.0888. The molecule has 0 amide bonds. The summed E-state index contributed by atoms with van der Waals surface area (Å²) < 4.78 is 2.27. The fraction of sp³-hybridized carbons (Fsp3) is 0.333. The molecule has 0 bridgehead atoms. The van der Waals surface area contributed by atoms with E-state index in [2.05, 4.69) is 30.5 Å². The average Bonchev–Trinajstić information content (AvgIpc) is 3.48. The second-order valence-corrected chi connectivity index (χ2v) is 9.55. The van der Waals surface area contributed by atoms with E-state index in [9.17, 15) is 9.59 Å². The van der Waals surface area contributed by atoms with Crippen LogP contribution in [-0.4, -0.2) is 16.1 Å². The van der Waals surface area contributed by atoms with E-state index < -0.39 is 0 Å². The van der Waals surface area contributed by atoms with Crippen LogP contribution in [0.5, 0.6) is 0 Å². The molecule has 168 valence electrons. The van der Waals surface area contributed by atoms with Crippen molar-refractivity contribution < 1.29 is 9.59 Å². The lowest BCUT2D eigenvalue weighted by Gasteiger charge is -2.17. The molecule has 3 heteroatoms. The molecule has 1 unspecified atom stereocenters. The Labute approximate surface area is 195 Å². The Morgan fingerprint density at radius 3 is 2.15 bits per heavy atom. The summed E-state index contributed by atoms with van der Waals surface area (Å²) in [4.78, 5) is 26.6. The Bertz CT molecular complexity index is 1370. The van der Waals surface area contributed by atoms with Crippen molar-refractivity contribution in [1.82, 2.24) is 4.57 Å². The third kappa shape index (κ3) is 3.70. The van der Waals surface area contributed by atoms with Gasteiger partial charge < -0.3 is 4.57 Å². The molecule has 4 aromatic rings. The molecule has 1 aromatic heterocycles. The Morgan fingerprint density at radius 1 is 0.909 bits per heavy atom. The summed E-state index contributed by atoms with van der Waals surface area (Å²) >= 11 is 0. The number of rotatable bonds is 6. The maximum atomic E-state index is 13.3. The number of hydrogen-bond acceptors (Lipinski definition) is 2. The Balaban J connectivity index is 1.61. The second kappa shape index (κ2) is 8.62. The molecule has 33 heavy (non-hydrogen) atoms. The molecule has 0 N–H and O–H groups in total.